The number of alkyl halides is 3. The van der Waals surface area contributed by atoms with Crippen LogP contribution in [0.1, 0.15) is 11.1 Å². The van der Waals surface area contributed by atoms with E-state index in [1.54, 1.807) is 7.05 Å². The molecule has 0 heterocycles. The first-order chi connectivity index (χ1) is 8.90. The fourth-order valence-electron chi connectivity index (χ4n) is 1.99. The minimum Gasteiger partial charge on any atom is -0.372 e. The van der Waals surface area contributed by atoms with Gasteiger partial charge in [0.05, 0.1) is 6.61 Å². The lowest BCUT2D eigenvalue weighted by molar-refractivity contribution is -0.176. The lowest BCUT2D eigenvalue weighted by Gasteiger charge is -2.17. The van der Waals surface area contributed by atoms with Crippen molar-refractivity contribution < 1.29 is 17.9 Å². The van der Waals surface area contributed by atoms with Gasteiger partial charge in [0, 0.05) is 6.54 Å². The van der Waals surface area contributed by atoms with Gasteiger partial charge in [0.25, 0.3) is 0 Å². The van der Waals surface area contributed by atoms with Gasteiger partial charge in [-0.3, -0.25) is 0 Å². The second kappa shape index (κ2) is 7.50. The van der Waals surface area contributed by atoms with Crippen molar-refractivity contribution in [2.45, 2.75) is 19.5 Å². The smallest absolute Gasteiger partial charge is 0.372 e. The van der Waals surface area contributed by atoms with Crippen LogP contribution >= 0.6 is 0 Å². The first-order valence-electron chi connectivity index (χ1n) is 6.25. The maximum absolute atomic E-state index is 12.0. The first kappa shape index (κ1) is 16.0. The van der Waals surface area contributed by atoms with Crippen molar-refractivity contribution in [3.8, 4) is 0 Å². The van der Waals surface area contributed by atoms with Crippen LogP contribution < -0.4 is 5.32 Å². The summed E-state index contributed by atoms with van der Waals surface area (Å²) >= 11 is 0. The minimum absolute atomic E-state index is 0.0362. The zero-order valence-electron chi connectivity index (χ0n) is 11.3. The van der Waals surface area contributed by atoms with E-state index >= 15 is 0 Å². The van der Waals surface area contributed by atoms with Gasteiger partial charge >= 0.3 is 6.18 Å². The number of aryl methyl sites for hydroxylation is 1. The Kier molecular flexibility index (Phi) is 6.31. The fourth-order valence-corrected chi connectivity index (χ4v) is 1.99. The second-order valence-corrected chi connectivity index (χ2v) is 4.75. The molecule has 5 heteroatoms. The Morgan fingerprint density at radius 1 is 1.32 bits per heavy atom. The van der Waals surface area contributed by atoms with Crippen LogP contribution in [0.25, 0.3) is 0 Å². The van der Waals surface area contributed by atoms with Gasteiger partial charge < -0.3 is 10.1 Å². The summed E-state index contributed by atoms with van der Waals surface area (Å²) in [6.07, 6.45) is -3.55. The molecule has 1 atom stereocenters. The molecule has 0 aromatic heterocycles. The first-order valence-corrected chi connectivity index (χ1v) is 6.25. The maximum Gasteiger partial charge on any atom is 0.411 e. The fraction of sp³-hybridized carbons (Fsp3) is 0.571. The van der Waals surface area contributed by atoms with Gasteiger partial charge in [0.1, 0.15) is 6.61 Å². The topological polar surface area (TPSA) is 21.3 Å². The van der Waals surface area contributed by atoms with Crippen LogP contribution in [0.15, 0.2) is 24.3 Å². The van der Waals surface area contributed by atoms with Crippen LogP contribution in [0.4, 0.5) is 13.2 Å². The zero-order valence-corrected chi connectivity index (χ0v) is 11.3. The van der Waals surface area contributed by atoms with Gasteiger partial charge in [-0.05, 0) is 31.9 Å². The minimum atomic E-state index is -4.26. The summed E-state index contributed by atoms with van der Waals surface area (Å²) in [5.41, 5.74) is 2.27. The Labute approximate surface area is 112 Å². The number of nitrogens with one attached hydrogen (secondary N) is 1. The van der Waals surface area contributed by atoms with Gasteiger partial charge in [-0.25, -0.2) is 0 Å². The van der Waals surface area contributed by atoms with Crippen LogP contribution in [-0.4, -0.2) is 33.0 Å². The molecule has 0 spiro atoms. The summed E-state index contributed by atoms with van der Waals surface area (Å²) in [5.74, 6) is 0.0362. The molecule has 1 rings (SSSR count). The molecular weight excluding hydrogens is 255 g/mol. The summed E-state index contributed by atoms with van der Waals surface area (Å²) < 4.78 is 40.8. The van der Waals surface area contributed by atoms with Crippen molar-refractivity contribution in [2.75, 3.05) is 26.8 Å². The van der Waals surface area contributed by atoms with E-state index in [1.807, 2.05) is 31.2 Å². The van der Waals surface area contributed by atoms with E-state index in [-0.39, 0.29) is 12.5 Å². The number of hydrogen-bond acceptors (Lipinski definition) is 2. The molecule has 0 saturated carbocycles. The SMILES string of the molecule is CNCC(COCC(F)(F)F)Cc1cccc(C)c1. The largest absolute Gasteiger partial charge is 0.411 e. The summed E-state index contributed by atoms with van der Waals surface area (Å²) in [5, 5.41) is 2.99. The Morgan fingerprint density at radius 3 is 2.63 bits per heavy atom. The second-order valence-electron chi connectivity index (χ2n) is 4.75. The van der Waals surface area contributed by atoms with Crippen LogP contribution in [0.3, 0.4) is 0 Å². The average molecular weight is 275 g/mol. The number of rotatable bonds is 7. The summed E-state index contributed by atoms with van der Waals surface area (Å²) in [6.45, 7) is 1.55. The quantitative estimate of drug-likeness (QED) is 0.826. The van der Waals surface area contributed by atoms with Crippen molar-refractivity contribution in [1.29, 1.82) is 0 Å². The van der Waals surface area contributed by atoms with Crippen LogP contribution in [0, 0.1) is 12.8 Å². The highest BCUT2D eigenvalue weighted by molar-refractivity contribution is 5.22. The Morgan fingerprint density at radius 2 is 2.05 bits per heavy atom. The van der Waals surface area contributed by atoms with Gasteiger partial charge in [-0.1, -0.05) is 29.8 Å². The standard InChI is InChI=1S/C14H20F3NO/c1-11-4-3-5-12(6-11)7-13(8-18-2)9-19-10-14(15,16)17/h3-6,13,18H,7-10H2,1-2H3. The molecule has 0 bridgehead atoms. The van der Waals surface area contributed by atoms with Gasteiger partial charge in [-0.2, -0.15) is 13.2 Å². The van der Waals surface area contributed by atoms with E-state index in [4.69, 9.17) is 4.74 Å². The predicted octanol–water partition coefficient (Wildman–Crippen LogP) is 2.95. The van der Waals surface area contributed by atoms with E-state index in [2.05, 4.69) is 5.32 Å². The average Bonchev–Trinajstić information content (AvgIpc) is 2.27. The summed E-state index contributed by atoms with van der Waals surface area (Å²) in [4.78, 5) is 0. The van der Waals surface area contributed by atoms with Gasteiger partial charge in [0.2, 0.25) is 0 Å². The third-order valence-electron chi connectivity index (χ3n) is 2.72. The molecule has 1 aromatic rings. The van der Waals surface area contributed by atoms with Crippen LogP contribution in [0.5, 0.6) is 0 Å². The van der Waals surface area contributed by atoms with Crippen molar-refractivity contribution in [3.63, 3.8) is 0 Å². The Balaban J connectivity index is 2.48. The number of hydrogen-bond donors (Lipinski definition) is 1. The molecule has 108 valence electrons. The van der Waals surface area contributed by atoms with Crippen molar-refractivity contribution in [1.82, 2.24) is 5.32 Å². The lowest BCUT2D eigenvalue weighted by Crippen LogP contribution is -2.27. The molecule has 1 aromatic carbocycles. The van der Waals surface area contributed by atoms with Gasteiger partial charge in [-0.15, -0.1) is 0 Å². The zero-order chi connectivity index (χ0) is 14.3. The third kappa shape index (κ3) is 7.18. The van der Waals surface area contributed by atoms with Crippen LogP contribution in [0.2, 0.25) is 0 Å². The lowest BCUT2D eigenvalue weighted by atomic mass is 9.99. The molecule has 19 heavy (non-hydrogen) atoms. The molecule has 0 aliphatic rings. The van der Waals surface area contributed by atoms with Crippen LogP contribution in [-0.2, 0) is 11.2 Å². The monoisotopic (exact) mass is 275 g/mol. The van der Waals surface area contributed by atoms with E-state index in [1.165, 1.54) is 0 Å². The third-order valence-corrected chi connectivity index (χ3v) is 2.72. The predicted molar refractivity (Wildman–Crippen MR) is 69.2 cm³/mol. The molecule has 0 amide bonds. The van der Waals surface area contributed by atoms with E-state index in [9.17, 15) is 13.2 Å². The molecule has 0 aliphatic heterocycles. The molecule has 0 radical (unpaired) electrons. The van der Waals surface area contributed by atoms with E-state index in [0.29, 0.717) is 13.0 Å². The normalized spacial score (nSPS) is 13.5. The molecular formula is C14H20F3NO. The molecule has 1 unspecified atom stereocenters. The number of halogens is 3. The highest BCUT2D eigenvalue weighted by Crippen LogP contribution is 2.16. The van der Waals surface area contributed by atoms with Gasteiger partial charge in [0.15, 0.2) is 0 Å². The van der Waals surface area contributed by atoms with E-state index in [0.717, 1.165) is 11.1 Å². The van der Waals surface area contributed by atoms with Crippen molar-refractivity contribution >= 4 is 0 Å². The molecule has 1 N–H and O–H groups in total. The number of benzene rings is 1. The molecule has 0 fully saturated rings. The maximum atomic E-state index is 12.0. The van der Waals surface area contributed by atoms with Crippen molar-refractivity contribution in [3.05, 3.63) is 35.4 Å². The highest BCUT2D eigenvalue weighted by atomic mass is 19.4. The summed E-state index contributed by atoms with van der Waals surface area (Å²) in [7, 11) is 1.78. The number of ether oxygens (including phenoxy) is 1. The van der Waals surface area contributed by atoms with E-state index < -0.39 is 12.8 Å². The molecule has 0 saturated heterocycles. The molecule has 0 aliphatic carbocycles. The molecule has 2 nitrogen and oxygen atoms in total. The Hall–Kier alpha value is -1.07. The Bertz CT molecular complexity index is 379. The highest BCUT2D eigenvalue weighted by Gasteiger charge is 2.27. The summed E-state index contributed by atoms with van der Waals surface area (Å²) in [6, 6.07) is 7.99. The van der Waals surface area contributed by atoms with Crippen molar-refractivity contribution in [2.24, 2.45) is 5.92 Å².